The third kappa shape index (κ3) is 2.09. The third-order valence-corrected chi connectivity index (χ3v) is 8.06. The van der Waals surface area contributed by atoms with Gasteiger partial charge in [-0.25, -0.2) is 0 Å². The second-order valence-electron chi connectivity index (χ2n) is 8.97. The largest absolute Gasteiger partial charge is 0.472 e. The average molecular weight is 334 g/mol. The number of rotatable bonds is 3. The van der Waals surface area contributed by atoms with Crippen LogP contribution in [0.2, 0.25) is 0 Å². The van der Waals surface area contributed by atoms with E-state index in [1.54, 1.807) is 6.26 Å². The van der Waals surface area contributed by atoms with Gasteiger partial charge in [0, 0.05) is 5.41 Å². The summed E-state index contributed by atoms with van der Waals surface area (Å²) in [7, 11) is 0. The molecule has 1 unspecified atom stereocenters. The molecule has 2 heterocycles. The minimum atomic E-state index is -0.745. The Morgan fingerprint density at radius 1 is 1.29 bits per heavy atom. The summed E-state index contributed by atoms with van der Waals surface area (Å²) in [6, 6.07) is 2.04. The number of furan rings is 1. The van der Waals surface area contributed by atoms with Crippen LogP contribution in [0, 0.1) is 22.7 Å². The first-order valence-electron chi connectivity index (χ1n) is 9.35. The molecule has 1 aromatic rings. The number of aliphatic hydroxyl groups excluding tert-OH is 2. The van der Waals surface area contributed by atoms with Crippen LogP contribution in [0.25, 0.3) is 0 Å². The lowest BCUT2D eigenvalue weighted by atomic mass is 9.43. The number of aliphatic hydroxyl groups is 2. The van der Waals surface area contributed by atoms with Crippen LogP contribution >= 0.6 is 0 Å². The monoisotopic (exact) mass is 334 g/mol. The molecule has 1 aliphatic heterocycles. The molecule has 1 saturated heterocycles. The third-order valence-electron chi connectivity index (χ3n) is 8.06. The van der Waals surface area contributed by atoms with Crippen molar-refractivity contribution in [1.29, 1.82) is 0 Å². The van der Waals surface area contributed by atoms with Gasteiger partial charge in [0.25, 0.3) is 0 Å². The molecule has 7 atom stereocenters. The zero-order valence-corrected chi connectivity index (χ0v) is 15.0. The lowest BCUT2D eigenvalue weighted by molar-refractivity contribution is -0.197. The fourth-order valence-electron chi connectivity index (χ4n) is 5.99. The summed E-state index contributed by atoms with van der Waals surface area (Å²) in [6.45, 7) is 7.62. The van der Waals surface area contributed by atoms with Crippen LogP contribution in [0.5, 0.6) is 0 Å². The van der Waals surface area contributed by atoms with Gasteiger partial charge in [-0.05, 0) is 61.0 Å². The molecule has 4 heteroatoms. The minimum Gasteiger partial charge on any atom is -0.472 e. The van der Waals surface area contributed by atoms with E-state index in [2.05, 4.69) is 20.8 Å². The van der Waals surface area contributed by atoms with E-state index in [4.69, 9.17) is 9.15 Å². The molecule has 2 aliphatic carbocycles. The molecule has 0 aromatic carbocycles. The van der Waals surface area contributed by atoms with Gasteiger partial charge < -0.3 is 19.4 Å². The molecule has 134 valence electrons. The van der Waals surface area contributed by atoms with Crippen molar-refractivity contribution in [2.75, 3.05) is 6.61 Å². The molecule has 0 radical (unpaired) electrons. The Balaban J connectivity index is 1.65. The zero-order valence-electron chi connectivity index (χ0n) is 15.0. The van der Waals surface area contributed by atoms with Gasteiger partial charge in [0.05, 0.1) is 25.2 Å². The molecule has 4 rings (SSSR count). The number of epoxide rings is 1. The van der Waals surface area contributed by atoms with Crippen LogP contribution in [0.3, 0.4) is 0 Å². The van der Waals surface area contributed by atoms with Gasteiger partial charge in [0.1, 0.15) is 11.7 Å². The number of ether oxygens (including phenoxy) is 1. The molecule has 2 N–H and O–H groups in total. The molecule has 2 saturated carbocycles. The van der Waals surface area contributed by atoms with E-state index in [0.717, 1.165) is 25.7 Å². The maximum absolute atomic E-state index is 10.6. The highest BCUT2D eigenvalue weighted by atomic mass is 16.6. The topological polar surface area (TPSA) is 66.1 Å². The van der Waals surface area contributed by atoms with E-state index in [1.807, 2.05) is 12.3 Å². The van der Waals surface area contributed by atoms with Crippen LogP contribution in [-0.2, 0) is 11.2 Å². The molecule has 3 aliphatic rings. The van der Waals surface area contributed by atoms with E-state index in [1.165, 1.54) is 5.56 Å². The van der Waals surface area contributed by atoms with Crippen molar-refractivity contribution < 1.29 is 19.4 Å². The summed E-state index contributed by atoms with van der Waals surface area (Å²) in [5.74, 6) is 0.960. The molecular formula is C20H30O4. The van der Waals surface area contributed by atoms with Crippen molar-refractivity contribution >= 4 is 0 Å². The van der Waals surface area contributed by atoms with Crippen LogP contribution < -0.4 is 0 Å². The van der Waals surface area contributed by atoms with Crippen molar-refractivity contribution in [3.8, 4) is 0 Å². The second-order valence-corrected chi connectivity index (χ2v) is 8.97. The molecule has 4 nitrogen and oxygen atoms in total. The molecule has 3 fully saturated rings. The normalized spacial score (nSPS) is 50.7. The SMILES string of the molecule is C[C@@H]1CC[C@]2(C)C(C[C@@H](O)[C@H](O)[C@]23CO3)[C@@]1(C)CCc1ccoc1. The maximum atomic E-state index is 10.6. The number of aryl methyl sites for hydroxylation is 1. The molecule has 24 heavy (non-hydrogen) atoms. The molecule has 1 spiro atoms. The summed E-state index contributed by atoms with van der Waals surface area (Å²) in [6.07, 6.45) is 7.13. The zero-order chi connectivity index (χ0) is 17.2. The van der Waals surface area contributed by atoms with Gasteiger partial charge in [-0.3, -0.25) is 0 Å². The summed E-state index contributed by atoms with van der Waals surface area (Å²) in [5.41, 5.74) is 0.796. The van der Waals surface area contributed by atoms with E-state index in [0.29, 0.717) is 24.9 Å². The lowest BCUT2D eigenvalue weighted by Gasteiger charge is -2.61. The summed E-state index contributed by atoms with van der Waals surface area (Å²) >= 11 is 0. The van der Waals surface area contributed by atoms with Crippen LogP contribution in [0.15, 0.2) is 23.0 Å². The van der Waals surface area contributed by atoms with Gasteiger partial charge in [0.15, 0.2) is 0 Å². The Kier molecular flexibility index (Phi) is 3.69. The van der Waals surface area contributed by atoms with E-state index in [-0.39, 0.29) is 10.8 Å². The highest BCUT2D eigenvalue weighted by Crippen LogP contribution is 2.68. The Labute approximate surface area is 144 Å². The van der Waals surface area contributed by atoms with Crippen molar-refractivity contribution in [2.45, 2.75) is 70.7 Å². The predicted octanol–water partition coefficient (Wildman–Crippen LogP) is 3.17. The Morgan fingerprint density at radius 2 is 2.04 bits per heavy atom. The molecule has 0 amide bonds. The van der Waals surface area contributed by atoms with Crippen molar-refractivity contribution in [2.24, 2.45) is 22.7 Å². The number of hydrogen-bond donors (Lipinski definition) is 2. The van der Waals surface area contributed by atoms with Gasteiger partial charge in [-0.1, -0.05) is 20.8 Å². The lowest BCUT2D eigenvalue weighted by Crippen LogP contribution is -2.65. The highest BCUT2D eigenvalue weighted by molar-refractivity contribution is 5.21. The average Bonchev–Trinajstić information content (AvgIpc) is 3.21. The minimum absolute atomic E-state index is 0.0523. The quantitative estimate of drug-likeness (QED) is 0.833. The Hall–Kier alpha value is -0.840. The predicted molar refractivity (Wildman–Crippen MR) is 90.4 cm³/mol. The standard InChI is InChI=1S/C20H30O4/c1-13-4-8-19(3)16(10-15(21)17(22)20(19)12-24-20)18(13,2)7-5-14-6-9-23-11-14/h6,9,11,13,15-17,21-22H,4-5,7-8,10,12H2,1-3H3/t13-,15-,16?,17+,18+,19-,20-/m1/s1. The fourth-order valence-corrected chi connectivity index (χ4v) is 5.99. The Bertz CT molecular complexity index is 593. The van der Waals surface area contributed by atoms with Crippen molar-refractivity contribution in [1.82, 2.24) is 0 Å². The molecule has 1 aromatic heterocycles. The summed E-state index contributed by atoms with van der Waals surface area (Å²) < 4.78 is 11.1. The first kappa shape index (κ1) is 16.6. The van der Waals surface area contributed by atoms with E-state index >= 15 is 0 Å². The number of hydrogen-bond acceptors (Lipinski definition) is 4. The van der Waals surface area contributed by atoms with Crippen LogP contribution in [-0.4, -0.2) is 34.6 Å². The van der Waals surface area contributed by atoms with Crippen LogP contribution in [0.1, 0.15) is 52.0 Å². The summed E-state index contributed by atoms with van der Waals surface area (Å²) in [4.78, 5) is 0. The summed E-state index contributed by atoms with van der Waals surface area (Å²) in [5, 5.41) is 21.1. The van der Waals surface area contributed by atoms with E-state index in [9.17, 15) is 10.2 Å². The first-order valence-corrected chi connectivity index (χ1v) is 9.35. The van der Waals surface area contributed by atoms with Gasteiger partial charge >= 0.3 is 0 Å². The fraction of sp³-hybridized carbons (Fsp3) is 0.800. The van der Waals surface area contributed by atoms with Crippen molar-refractivity contribution in [3.63, 3.8) is 0 Å². The van der Waals surface area contributed by atoms with Gasteiger partial charge in [-0.2, -0.15) is 0 Å². The van der Waals surface area contributed by atoms with Crippen LogP contribution in [0.4, 0.5) is 0 Å². The smallest absolute Gasteiger partial charge is 0.125 e. The maximum Gasteiger partial charge on any atom is 0.125 e. The molecule has 0 bridgehead atoms. The number of fused-ring (bicyclic) bond motifs is 2. The highest BCUT2D eigenvalue weighted by Gasteiger charge is 2.73. The Morgan fingerprint density at radius 3 is 2.67 bits per heavy atom. The van der Waals surface area contributed by atoms with E-state index < -0.39 is 17.8 Å². The first-order chi connectivity index (χ1) is 11.3. The molecular weight excluding hydrogens is 304 g/mol. The van der Waals surface area contributed by atoms with Gasteiger partial charge in [-0.15, -0.1) is 0 Å². The van der Waals surface area contributed by atoms with Crippen molar-refractivity contribution in [3.05, 3.63) is 24.2 Å². The van der Waals surface area contributed by atoms with Gasteiger partial charge in [0.2, 0.25) is 0 Å². The second kappa shape index (κ2) is 5.33.